The second-order valence-electron chi connectivity index (χ2n) is 4.37. The van der Waals surface area contributed by atoms with Crippen LogP contribution in [0.3, 0.4) is 0 Å². The SMILES string of the molecule is CCCNC(C)c1cccn1Cc1ccsc1. The normalized spacial score (nSPS) is 12.8. The van der Waals surface area contributed by atoms with E-state index < -0.39 is 0 Å². The Morgan fingerprint density at radius 2 is 2.29 bits per heavy atom. The van der Waals surface area contributed by atoms with E-state index in [-0.39, 0.29) is 0 Å². The number of aromatic nitrogens is 1. The van der Waals surface area contributed by atoms with E-state index in [0.29, 0.717) is 6.04 Å². The predicted octanol–water partition coefficient (Wildman–Crippen LogP) is 3.66. The lowest BCUT2D eigenvalue weighted by molar-refractivity contribution is 0.535. The summed E-state index contributed by atoms with van der Waals surface area (Å²) < 4.78 is 2.33. The highest BCUT2D eigenvalue weighted by Crippen LogP contribution is 2.16. The highest BCUT2D eigenvalue weighted by molar-refractivity contribution is 7.07. The number of rotatable bonds is 6. The van der Waals surface area contributed by atoms with Gasteiger partial charge in [0, 0.05) is 24.5 Å². The molecule has 0 saturated heterocycles. The molecule has 2 rings (SSSR count). The molecule has 1 atom stereocenters. The molecule has 3 heteroatoms. The molecular weight excluding hydrogens is 228 g/mol. The van der Waals surface area contributed by atoms with E-state index in [9.17, 15) is 0 Å². The van der Waals surface area contributed by atoms with Gasteiger partial charge in [-0.3, -0.25) is 0 Å². The molecule has 17 heavy (non-hydrogen) atoms. The summed E-state index contributed by atoms with van der Waals surface area (Å²) in [5, 5.41) is 7.89. The number of hydrogen-bond donors (Lipinski definition) is 1. The molecule has 2 aromatic heterocycles. The van der Waals surface area contributed by atoms with Gasteiger partial charge in [0.1, 0.15) is 0 Å². The van der Waals surface area contributed by atoms with Gasteiger partial charge in [0.05, 0.1) is 0 Å². The first-order valence-electron chi connectivity index (χ1n) is 6.20. The standard InChI is InChI=1S/C14H20N2S/c1-3-7-15-12(2)14-5-4-8-16(14)10-13-6-9-17-11-13/h4-6,8-9,11-12,15H,3,7,10H2,1-2H3. The summed E-state index contributed by atoms with van der Waals surface area (Å²) in [7, 11) is 0. The van der Waals surface area contributed by atoms with Crippen LogP contribution in [0.15, 0.2) is 35.2 Å². The Morgan fingerprint density at radius 3 is 3.00 bits per heavy atom. The maximum absolute atomic E-state index is 3.54. The van der Waals surface area contributed by atoms with Crippen molar-refractivity contribution in [3.05, 3.63) is 46.4 Å². The Balaban J connectivity index is 2.06. The molecule has 0 spiro atoms. The second-order valence-corrected chi connectivity index (χ2v) is 5.15. The van der Waals surface area contributed by atoms with E-state index in [1.165, 1.54) is 17.7 Å². The highest BCUT2D eigenvalue weighted by Gasteiger charge is 2.09. The van der Waals surface area contributed by atoms with Gasteiger partial charge in [-0.25, -0.2) is 0 Å². The van der Waals surface area contributed by atoms with Gasteiger partial charge in [-0.2, -0.15) is 11.3 Å². The van der Waals surface area contributed by atoms with Gasteiger partial charge in [-0.05, 0) is 54.4 Å². The van der Waals surface area contributed by atoms with Crippen LogP contribution in [0.4, 0.5) is 0 Å². The second kappa shape index (κ2) is 6.03. The fraction of sp³-hybridized carbons (Fsp3) is 0.429. The summed E-state index contributed by atoms with van der Waals surface area (Å²) in [4.78, 5) is 0. The lowest BCUT2D eigenvalue weighted by atomic mass is 10.2. The van der Waals surface area contributed by atoms with Gasteiger partial charge >= 0.3 is 0 Å². The molecule has 0 aliphatic carbocycles. The Labute approximate surface area is 107 Å². The Bertz CT molecular complexity index is 431. The first-order valence-corrected chi connectivity index (χ1v) is 7.15. The molecule has 2 heterocycles. The average molecular weight is 248 g/mol. The Morgan fingerprint density at radius 1 is 1.41 bits per heavy atom. The van der Waals surface area contributed by atoms with Crippen LogP contribution in [0.2, 0.25) is 0 Å². The third kappa shape index (κ3) is 3.20. The van der Waals surface area contributed by atoms with Crippen LogP contribution in [0.25, 0.3) is 0 Å². The summed E-state index contributed by atoms with van der Waals surface area (Å²) in [6, 6.07) is 6.95. The van der Waals surface area contributed by atoms with Gasteiger partial charge in [0.2, 0.25) is 0 Å². The van der Waals surface area contributed by atoms with Crippen LogP contribution < -0.4 is 5.32 Å². The van der Waals surface area contributed by atoms with Crippen LogP contribution in [0, 0.1) is 0 Å². The predicted molar refractivity (Wildman–Crippen MR) is 74.6 cm³/mol. The van der Waals surface area contributed by atoms with Crippen LogP contribution in [-0.2, 0) is 6.54 Å². The summed E-state index contributed by atoms with van der Waals surface area (Å²) in [5.41, 5.74) is 2.75. The summed E-state index contributed by atoms with van der Waals surface area (Å²) in [6.45, 7) is 6.48. The van der Waals surface area contributed by atoms with Gasteiger partial charge in [-0.15, -0.1) is 0 Å². The van der Waals surface area contributed by atoms with E-state index in [0.717, 1.165) is 13.1 Å². The van der Waals surface area contributed by atoms with Crippen molar-refractivity contribution >= 4 is 11.3 Å². The van der Waals surface area contributed by atoms with Gasteiger partial charge in [0.15, 0.2) is 0 Å². The molecule has 0 radical (unpaired) electrons. The zero-order valence-corrected chi connectivity index (χ0v) is 11.3. The molecule has 1 unspecified atom stereocenters. The van der Waals surface area contributed by atoms with Gasteiger partial charge in [-0.1, -0.05) is 6.92 Å². The Hall–Kier alpha value is -1.06. The Kier molecular flexibility index (Phi) is 4.40. The zero-order valence-electron chi connectivity index (χ0n) is 10.5. The van der Waals surface area contributed by atoms with Gasteiger partial charge < -0.3 is 9.88 Å². The summed E-state index contributed by atoms with van der Waals surface area (Å²) in [6.07, 6.45) is 3.34. The van der Waals surface area contributed by atoms with Crippen molar-refractivity contribution < 1.29 is 0 Å². The first kappa shape index (κ1) is 12.4. The van der Waals surface area contributed by atoms with E-state index in [1.807, 2.05) is 0 Å². The number of hydrogen-bond acceptors (Lipinski definition) is 2. The van der Waals surface area contributed by atoms with Crippen molar-refractivity contribution in [2.75, 3.05) is 6.54 Å². The minimum atomic E-state index is 0.420. The van der Waals surface area contributed by atoms with E-state index in [4.69, 9.17) is 0 Å². The van der Waals surface area contributed by atoms with Crippen molar-refractivity contribution in [1.29, 1.82) is 0 Å². The third-order valence-corrected chi connectivity index (χ3v) is 3.67. The molecule has 0 bridgehead atoms. The van der Waals surface area contributed by atoms with E-state index >= 15 is 0 Å². The molecule has 2 aromatic rings. The summed E-state index contributed by atoms with van der Waals surface area (Å²) >= 11 is 1.76. The molecule has 0 fully saturated rings. The van der Waals surface area contributed by atoms with E-state index in [2.05, 4.69) is 58.9 Å². The topological polar surface area (TPSA) is 17.0 Å². The zero-order chi connectivity index (χ0) is 12.1. The van der Waals surface area contributed by atoms with Gasteiger partial charge in [0.25, 0.3) is 0 Å². The molecule has 0 aromatic carbocycles. The fourth-order valence-corrected chi connectivity index (χ4v) is 2.67. The van der Waals surface area contributed by atoms with Crippen LogP contribution in [0.5, 0.6) is 0 Å². The largest absolute Gasteiger partial charge is 0.346 e. The fourth-order valence-electron chi connectivity index (χ4n) is 2.01. The van der Waals surface area contributed by atoms with Crippen LogP contribution >= 0.6 is 11.3 Å². The van der Waals surface area contributed by atoms with Crippen LogP contribution in [-0.4, -0.2) is 11.1 Å². The first-order chi connectivity index (χ1) is 8.31. The number of nitrogens with zero attached hydrogens (tertiary/aromatic N) is 1. The molecule has 92 valence electrons. The number of thiophene rings is 1. The van der Waals surface area contributed by atoms with Crippen LogP contribution in [0.1, 0.15) is 37.6 Å². The third-order valence-electron chi connectivity index (χ3n) is 2.94. The molecule has 1 N–H and O–H groups in total. The molecule has 0 amide bonds. The maximum Gasteiger partial charge on any atom is 0.0481 e. The van der Waals surface area contributed by atoms with Crippen molar-refractivity contribution in [3.63, 3.8) is 0 Å². The van der Waals surface area contributed by atoms with E-state index in [1.54, 1.807) is 11.3 Å². The lowest BCUT2D eigenvalue weighted by Gasteiger charge is -2.16. The van der Waals surface area contributed by atoms with Crippen molar-refractivity contribution in [2.45, 2.75) is 32.9 Å². The van der Waals surface area contributed by atoms with Crippen molar-refractivity contribution in [1.82, 2.24) is 9.88 Å². The molecule has 0 saturated carbocycles. The maximum atomic E-state index is 3.54. The smallest absolute Gasteiger partial charge is 0.0481 e. The highest BCUT2D eigenvalue weighted by atomic mass is 32.1. The average Bonchev–Trinajstić information content (AvgIpc) is 2.97. The molecular formula is C14H20N2S. The van der Waals surface area contributed by atoms with Crippen molar-refractivity contribution in [3.8, 4) is 0 Å². The molecule has 0 aliphatic heterocycles. The summed E-state index contributed by atoms with van der Waals surface area (Å²) in [5.74, 6) is 0. The molecule has 2 nitrogen and oxygen atoms in total. The minimum absolute atomic E-state index is 0.420. The number of nitrogens with one attached hydrogen (secondary N) is 1. The van der Waals surface area contributed by atoms with Crippen molar-refractivity contribution in [2.24, 2.45) is 0 Å². The minimum Gasteiger partial charge on any atom is -0.346 e. The quantitative estimate of drug-likeness (QED) is 0.825. The molecule has 0 aliphatic rings. The lowest BCUT2D eigenvalue weighted by Crippen LogP contribution is -2.22. The monoisotopic (exact) mass is 248 g/mol.